The number of phenolic OH excluding ortho intramolecular Hbond substituents is 1. The summed E-state index contributed by atoms with van der Waals surface area (Å²) in [5.41, 5.74) is 16.6. The first-order valence-electron chi connectivity index (χ1n) is 21.5. The number of imidazole rings is 1. The Hall–Kier alpha value is -5.57. The Labute approximate surface area is 373 Å². The molecule has 8 aromatic rings. The second-order valence-electron chi connectivity index (χ2n) is 17.4. The quantitative estimate of drug-likeness (QED) is 0.154. The van der Waals surface area contributed by atoms with Crippen LogP contribution in [0, 0.1) is 26.8 Å². The number of para-hydroxylation sites is 1. The van der Waals surface area contributed by atoms with Gasteiger partial charge in [-0.3, -0.25) is 9.55 Å². The molecule has 2 aromatic heterocycles. The molecule has 0 fully saturated rings. The third-order valence-electron chi connectivity index (χ3n) is 11.4. The molecule has 60 heavy (non-hydrogen) atoms. The third kappa shape index (κ3) is 8.15. The number of fused-ring (bicyclic) bond motifs is 1. The molecule has 0 aliphatic carbocycles. The van der Waals surface area contributed by atoms with Crippen molar-refractivity contribution in [2.75, 3.05) is 0 Å². The van der Waals surface area contributed by atoms with Gasteiger partial charge < -0.3 is 5.11 Å². The Morgan fingerprint density at radius 3 is 1.95 bits per heavy atom. The average Bonchev–Trinajstić information content (AvgIpc) is 3.61. The molecule has 0 saturated heterocycles. The van der Waals surface area contributed by atoms with Gasteiger partial charge in [-0.15, -0.1) is 29.3 Å². The van der Waals surface area contributed by atoms with Crippen molar-refractivity contribution >= 4 is 11.0 Å². The van der Waals surface area contributed by atoms with Gasteiger partial charge in [-0.2, -0.15) is 0 Å². The van der Waals surface area contributed by atoms with Crippen LogP contribution in [0.1, 0.15) is 96.4 Å². The molecular formula is C55H54N3OPt-. The molecule has 0 radical (unpaired) electrons. The molecular weight excluding hydrogens is 914 g/mol. The van der Waals surface area contributed by atoms with Gasteiger partial charge in [0.1, 0.15) is 11.6 Å². The first kappa shape index (κ1) is 39.9. The molecule has 0 saturated carbocycles. The minimum absolute atomic E-state index is 0. The molecule has 2 heterocycles. The Morgan fingerprint density at radius 1 is 0.667 bits per heavy atom. The number of nitrogens with zero attached hydrogens (tertiary/aromatic N) is 3. The van der Waals surface area contributed by atoms with Crippen LogP contribution in [0.2, 0.25) is 0 Å². The minimum Gasteiger partial charge on any atom is -0.507 e. The van der Waals surface area contributed by atoms with Crippen molar-refractivity contribution in [3.8, 4) is 67.5 Å². The van der Waals surface area contributed by atoms with E-state index >= 15 is 0 Å². The van der Waals surface area contributed by atoms with Crippen molar-refractivity contribution in [1.82, 2.24) is 14.5 Å². The Balaban J connectivity index is 0.00000578. The summed E-state index contributed by atoms with van der Waals surface area (Å²) in [6.45, 7) is 20.3. The van der Waals surface area contributed by atoms with Gasteiger partial charge in [0.15, 0.2) is 0 Å². The number of hydrogen-bond donors (Lipinski definition) is 1. The van der Waals surface area contributed by atoms with Crippen LogP contribution in [0.4, 0.5) is 0 Å². The molecule has 0 bridgehead atoms. The fourth-order valence-electron chi connectivity index (χ4n) is 8.15. The van der Waals surface area contributed by atoms with Crippen LogP contribution in [0.5, 0.6) is 5.75 Å². The molecule has 0 unspecified atom stereocenters. The Kier molecular flexibility index (Phi) is 11.2. The summed E-state index contributed by atoms with van der Waals surface area (Å²) in [5.74, 6) is -0.931. The Bertz CT molecular complexity index is 2910. The SMILES string of the molecule is [2H]C(C)(C)c1cccc(C([2H])(C)C)c1-c1ccc(-n2c(-c3cc(C)cc(C)c3O)nc3c(-c4[c-]c(-c5cc(-c6ccc(C)cc6)ccn5)cc(C(C)(C)C)c4)cccc32)cc1.[Pt]. The maximum atomic E-state index is 11.7. The summed E-state index contributed by atoms with van der Waals surface area (Å²) in [6, 6.07) is 45.5. The first-order valence-corrected chi connectivity index (χ1v) is 20.5. The van der Waals surface area contributed by atoms with E-state index < -0.39 is 11.8 Å². The van der Waals surface area contributed by atoms with E-state index in [9.17, 15) is 5.11 Å². The summed E-state index contributed by atoms with van der Waals surface area (Å²) < 4.78 is 20.2. The molecule has 6 aromatic carbocycles. The summed E-state index contributed by atoms with van der Waals surface area (Å²) in [6.07, 6.45) is 1.87. The van der Waals surface area contributed by atoms with Crippen LogP contribution in [0.15, 0.2) is 128 Å². The fourth-order valence-corrected chi connectivity index (χ4v) is 8.15. The number of rotatable bonds is 8. The maximum Gasteiger partial charge on any atom is 0.148 e. The molecule has 0 amide bonds. The van der Waals surface area contributed by atoms with Gasteiger partial charge in [0, 0.05) is 41.4 Å². The van der Waals surface area contributed by atoms with E-state index in [0.29, 0.717) is 11.4 Å². The summed E-state index contributed by atoms with van der Waals surface area (Å²) in [4.78, 5) is 10.3. The molecule has 0 aliphatic rings. The van der Waals surface area contributed by atoms with Gasteiger partial charge in [0.25, 0.3) is 0 Å². The van der Waals surface area contributed by atoms with Gasteiger partial charge in [-0.1, -0.05) is 144 Å². The number of hydrogen-bond acceptors (Lipinski definition) is 3. The number of aromatic nitrogens is 3. The molecule has 0 aliphatic heterocycles. The topological polar surface area (TPSA) is 50.9 Å². The van der Waals surface area contributed by atoms with Crippen LogP contribution in [0.25, 0.3) is 72.7 Å². The van der Waals surface area contributed by atoms with E-state index in [1.165, 1.54) is 5.56 Å². The van der Waals surface area contributed by atoms with Crippen molar-refractivity contribution in [3.05, 3.63) is 167 Å². The number of aromatic hydroxyl groups is 1. The van der Waals surface area contributed by atoms with Crippen molar-refractivity contribution in [2.24, 2.45) is 0 Å². The van der Waals surface area contributed by atoms with E-state index in [2.05, 4.69) is 129 Å². The Morgan fingerprint density at radius 2 is 1.30 bits per heavy atom. The second-order valence-corrected chi connectivity index (χ2v) is 17.4. The van der Waals surface area contributed by atoms with Crippen LogP contribution in [-0.2, 0) is 26.5 Å². The van der Waals surface area contributed by atoms with Crippen LogP contribution in [0.3, 0.4) is 0 Å². The smallest absolute Gasteiger partial charge is 0.148 e. The molecule has 5 heteroatoms. The van der Waals surface area contributed by atoms with Crippen molar-refractivity contribution in [3.63, 3.8) is 0 Å². The minimum atomic E-state index is -0.874. The van der Waals surface area contributed by atoms with E-state index in [1.807, 2.05) is 78.1 Å². The van der Waals surface area contributed by atoms with Crippen LogP contribution >= 0.6 is 0 Å². The van der Waals surface area contributed by atoms with Gasteiger partial charge in [-0.25, -0.2) is 4.98 Å². The summed E-state index contributed by atoms with van der Waals surface area (Å²) in [7, 11) is 0. The maximum absolute atomic E-state index is 11.7. The molecule has 1 N–H and O–H groups in total. The predicted octanol–water partition coefficient (Wildman–Crippen LogP) is 14.7. The number of benzene rings is 6. The van der Waals surface area contributed by atoms with Gasteiger partial charge in [0.2, 0.25) is 0 Å². The predicted molar refractivity (Wildman–Crippen MR) is 248 cm³/mol. The standard InChI is InChI=1S/C55H54N3O.Pt/c1-33(2)45-13-11-14-46(34(3)4)51(45)39-21-23-44(24-22-39)58-50-16-12-15-47(52(50)57-54(58)48-28-36(6)27-37(7)53(48)59)41-29-42(31-43(30-41)55(8,9)10)49-32-40(25-26-56-49)38-19-17-35(5)18-20-38;/h11-28,30-34,59H,1-10H3;/q-1;/i33D,34D;. The third-order valence-corrected chi connectivity index (χ3v) is 11.4. The average molecular weight is 970 g/mol. The van der Waals surface area contributed by atoms with Crippen molar-refractivity contribution < 1.29 is 28.9 Å². The zero-order valence-electron chi connectivity index (χ0n) is 38.2. The first-order chi connectivity index (χ1) is 28.8. The van der Waals surface area contributed by atoms with E-state index in [-0.39, 0.29) is 32.2 Å². The van der Waals surface area contributed by atoms with Gasteiger partial charge >= 0.3 is 0 Å². The number of pyridine rings is 1. The van der Waals surface area contributed by atoms with Crippen molar-refractivity contribution in [2.45, 2.75) is 86.4 Å². The molecule has 4 nitrogen and oxygen atoms in total. The summed E-state index contributed by atoms with van der Waals surface area (Å²) in [5, 5.41) is 11.7. The number of aryl methyl sites for hydroxylation is 3. The normalized spacial score (nSPS) is 12.6. The molecule has 0 atom stereocenters. The molecule has 306 valence electrons. The molecule has 0 spiro atoms. The largest absolute Gasteiger partial charge is 0.507 e. The van der Waals surface area contributed by atoms with E-state index in [4.69, 9.17) is 12.7 Å². The van der Waals surface area contributed by atoms with E-state index in [0.717, 1.165) is 89.2 Å². The second kappa shape index (κ2) is 16.8. The molecule has 8 rings (SSSR count). The van der Waals surface area contributed by atoms with Gasteiger partial charge in [-0.05, 0) is 113 Å². The van der Waals surface area contributed by atoms with Crippen LogP contribution < -0.4 is 0 Å². The van der Waals surface area contributed by atoms with Crippen LogP contribution in [-0.4, -0.2) is 19.6 Å². The monoisotopic (exact) mass is 969 g/mol. The zero-order chi connectivity index (χ0) is 43.6. The fraction of sp³-hybridized carbons (Fsp3) is 0.236. The number of phenols is 1. The zero-order valence-corrected chi connectivity index (χ0v) is 38.5. The van der Waals surface area contributed by atoms with E-state index in [1.54, 1.807) is 0 Å². The van der Waals surface area contributed by atoms with Crippen molar-refractivity contribution in [1.29, 1.82) is 0 Å². The van der Waals surface area contributed by atoms with Gasteiger partial charge in [0.05, 0.1) is 16.6 Å². The summed E-state index contributed by atoms with van der Waals surface area (Å²) >= 11 is 0.